The van der Waals surface area contributed by atoms with Gasteiger partial charge in [-0.3, -0.25) is 9.10 Å². The van der Waals surface area contributed by atoms with Crippen LogP contribution in [0.25, 0.3) is 0 Å². The summed E-state index contributed by atoms with van der Waals surface area (Å²) in [6.07, 6.45) is 0.497. The monoisotopic (exact) mass is 434 g/mol. The van der Waals surface area contributed by atoms with Crippen molar-refractivity contribution in [3.63, 3.8) is 0 Å². The largest absolute Gasteiger partial charge is 0.305 e. The quantitative estimate of drug-likeness (QED) is 0.576. The summed E-state index contributed by atoms with van der Waals surface area (Å²) in [4.78, 5) is 14.7. The van der Waals surface area contributed by atoms with E-state index in [1.54, 1.807) is 24.0 Å². The second-order valence-corrected chi connectivity index (χ2v) is 9.81. The lowest BCUT2D eigenvalue weighted by atomic mass is 9.91. The molecule has 0 aliphatic carbocycles. The lowest BCUT2D eigenvalue weighted by molar-refractivity contribution is -0.117. The number of hydrogen-bond donors (Lipinski definition) is 0. The Morgan fingerprint density at radius 3 is 2.19 bits per heavy atom. The minimum atomic E-state index is -3.75. The zero-order valence-corrected chi connectivity index (χ0v) is 18.7. The number of para-hydroxylation sites is 2. The van der Waals surface area contributed by atoms with E-state index in [1.807, 2.05) is 80.6 Å². The van der Waals surface area contributed by atoms with Crippen molar-refractivity contribution in [3.8, 4) is 0 Å². The van der Waals surface area contributed by atoms with Crippen LogP contribution in [0.3, 0.4) is 0 Å². The van der Waals surface area contributed by atoms with E-state index in [0.717, 1.165) is 16.8 Å². The van der Waals surface area contributed by atoms with Crippen LogP contribution in [-0.4, -0.2) is 20.4 Å². The fraction of sp³-hybridized carbons (Fsp3) is 0.240. The highest BCUT2D eigenvalue weighted by atomic mass is 32.2. The molecule has 0 fully saturated rings. The summed E-state index contributed by atoms with van der Waals surface area (Å²) in [6, 6.07) is 23.3. The second kappa shape index (κ2) is 8.19. The maximum Gasteiger partial charge on any atom is 0.264 e. The van der Waals surface area contributed by atoms with Crippen LogP contribution in [0, 0.1) is 6.92 Å². The van der Waals surface area contributed by atoms with Crippen LogP contribution in [0.1, 0.15) is 37.4 Å². The Morgan fingerprint density at radius 2 is 1.55 bits per heavy atom. The maximum atomic E-state index is 13.6. The molecule has 0 saturated heterocycles. The molecule has 0 saturated carbocycles. The molecule has 0 aromatic heterocycles. The molecule has 0 radical (unpaired) electrons. The lowest BCUT2D eigenvalue weighted by Gasteiger charge is -2.43. The van der Waals surface area contributed by atoms with E-state index >= 15 is 0 Å². The standard InChI is InChI=1S/C25H26N2O3S/c1-18-13-15-22(16-14-18)31(29,30)27-19(2)17-25(23-11-7-8-12-24(23)27)26(20(3)28)21-9-5-4-6-10-21/h4-16,19,25H,17H2,1-3H3/t19-,25+/m1/s1. The van der Waals surface area contributed by atoms with Gasteiger partial charge in [0.25, 0.3) is 10.0 Å². The SMILES string of the molecule is CC(=O)N(c1ccccc1)[C@H]1C[C@@H](C)N(S(=O)(=O)c2ccc(C)cc2)c2ccccc21. The number of aryl methyl sites for hydroxylation is 1. The van der Waals surface area contributed by atoms with E-state index in [2.05, 4.69) is 0 Å². The Kier molecular flexibility index (Phi) is 5.58. The third-order valence-corrected chi connectivity index (χ3v) is 7.70. The molecule has 31 heavy (non-hydrogen) atoms. The number of fused-ring (bicyclic) bond motifs is 1. The molecule has 0 N–H and O–H groups in total. The van der Waals surface area contributed by atoms with Crippen molar-refractivity contribution in [3.05, 3.63) is 90.0 Å². The van der Waals surface area contributed by atoms with E-state index in [9.17, 15) is 13.2 Å². The van der Waals surface area contributed by atoms with Crippen LogP contribution < -0.4 is 9.21 Å². The molecular weight excluding hydrogens is 408 g/mol. The maximum absolute atomic E-state index is 13.6. The van der Waals surface area contributed by atoms with Gasteiger partial charge in [-0.1, -0.05) is 54.1 Å². The number of anilines is 2. The van der Waals surface area contributed by atoms with Crippen molar-refractivity contribution >= 4 is 27.3 Å². The average molecular weight is 435 g/mol. The number of amides is 1. The molecule has 6 heteroatoms. The summed E-state index contributed by atoms with van der Waals surface area (Å²) in [6.45, 7) is 5.38. The van der Waals surface area contributed by atoms with Crippen LogP contribution in [0.4, 0.5) is 11.4 Å². The van der Waals surface area contributed by atoms with Gasteiger partial charge in [-0.05, 0) is 56.2 Å². The molecule has 1 aliphatic rings. The van der Waals surface area contributed by atoms with Gasteiger partial charge in [0.05, 0.1) is 16.6 Å². The second-order valence-electron chi connectivity index (χ2n) is 8.00. The summed E-state index contributed by atoms with van der Waals surface area (Å²) in [5.41, 5.74) is 3.26. The molecule has 2 atom stereocenters. The van der Waals surface area contributed by atoms with Gasteiger partial charge in [-0.25, -0.2) is 8.42 Å². The van der Waals surface area contributed by atoms with E-state index in [4.69, 9.17) is 0 Å². The third-order valence-electron chi connectivity index (χ3n) is 5.76. The van der Waals surface area contributed by atoms with Gasteiger partial charge < -0.3 is 4.90 Å². The first kappa shape index (κ1) is 21.1. The number of carbonyl (C=O) groups is 1. The number of hydrogen-bond acceptors (Lipinski definition) is 3. The normalized spacial score (nSPS) is 18.4. The molecule has 1 heterocycles. The van der Waals surface area contributed by atoms with Gasteiger partial charge in [0.2, 0.25) is 5.91 Å². The van der Waals surface area contributed by atoms with Crippen LogP contribution in [-0.2, 0) is 14.8 Å². The van der Waals surface area contributed by atoms with Crippen molar-refractivity contribution in [2.45, 2.75) is 44.2 Å². The van der Waals surface area contributed by atoms with Gasteiger partial charge in [-0.15, -0.1) is 0 Å². The predicted molar refractivity (Wildman–Crippen MR) is 124 cm³/mol. The van der Waals surface area contributed by atoms with Crippen molar-refractivity contribution in [2.75, 3.05) is 9.21 Å². The van der Waals surface area contributed by atoms with Gasteiger partial charge in [0.1, 0.15) is 0 Å². The molecule has 1 amide bonds. The van der Waals surface area contributed by atoms with Gasteiger partial charge in [0.15, 0.2) is 0 Å². The van der Waals surface area contributed by atoms with Crippen molar-refractivity contribution in [1.29, 1.82) is 0 Å². The molecule has 0 spiro atoms. The molecule has 1 aliphatic heterocycles. The number of benzene rings is 3. The lowest BCUT2D eigenvalue weighted by Crippen LogP contribution is -2.47. The van der Waals surface area contributed by atoms with E-state index in [0.29, 0.717) is 12.1 Å². The van der Waals surface area contributed by atoms with Crippen LogP contribution in [0.2, 0.25) is 0 Å². The Morgan fingerprint density at radius 1 is 0.935 bits per heavy atom. The fourth-order valence-corrected chi connectivity index (χ4v) is 6.05. The summed E-state index contributed by atoms with van der Waals surface area (Å²) in [5, 5.41) is 0. The van der Waals surface area contributed by atoms with E-state index < -0.39 is 10.0 Å². The van der Waals surface area contributed by atoms with Gasteiger partial charge in [-0.2, -0.15) is 0 Å². The fourth-order valence-electron chi connectivity index (χ4n) is 4.36. The Balaban J connectivity index is 1.83. The highest BCUT2D eigenvalue weighted by molar-refractivity contribution is 7.92. The highest BCUT2D eigenvalue weighted by Gasteiger charge is 2.40. The van der Waals surface area contributed by atoms with Gasteiger partial charge in [0, 0.05) is 18.7 Å². The highest BCUT2D eigenvalue weighted by Crippen LogP contribution is 2.44. The number of carbonyl (C=O) groups excluding carboxylic acids is 1. The summed E-state index contributed by atoms with van der Waals surface area (Å²) >= 11 is 0. The Bertz CT molecular complexity index is 1190. The molecular formula is C25H26N2O3S. The first-order valence-electron chi connectivity index (χ1n) is 10.4. The van der Waals surface area contributed by atoms with E-state index in [-0.39, 0.29) is 22.9 Å². The molecule has 3 aromatic carbocycles. The van der Waals surface area contributed by atoms with Crippen LogP contribution >= 0.6 is 0 Å². The summed E-state index contributed by atoms with van der Waals surface area (Å²) < 4.78 is 28.7. The summed E-state index contributed by atoms with van der Waals surface area (Å²) in [7, 11) is -3.75. The molecule has 0 unspecified atom stereocenters. The molecule has 4 rings (SSSR count). The molecule has 0 bridgehead atoms. The van der Waals surface area contributed by atoms with E-state index in [1.165, 1.54) is 4.31 Å². The Labute approximate surface area is 184 Å². The molecule has 3 aromatic rings. The predicted octanol–water partition coefficient (Wildman–Crippen LogP) is 5.08. The minimum absolute atomic E-state index is 0.0759. The summed E-state index contributed by atoms with van der Waals surface area (Å²) in [5.74, 6) is -0.0759. The Hall–Kier alpha value is -3.12. The smallest absolute Gasteiger partial charge is 0.264 e. The average Bonchev–Trinajstić information content (AvgIpc) is 2.74. The topological polar surface area (TPSA) is 57.7 Å². The minimum Gasteiger partial charge on any atom is -0.305 e. The number of rotatable bonds is 4. The first-order valence-corrected chi connectivity index (χ1v) is 11.8. The van der Waals surface area contributed by atoms with Crippen LogP contribution in [0.5, 0.6) is 0 Å². The zero-order chi connectivity index (χ0) is 22.2. The molecule has 5 nitrogen and oxygen atoms in total. The van der Waals surface area contributed by atoms with Gasteiger partial charge >= 0.3 is 0 Å². The van der Waals surface area contributed by atoms with Crippen molar-refractivity contribution in [1.82, 2.24) is 0 Å². The molecule has 160 valence electrons. The third kappa shape index (κ3) is 3.83. The van der Waals surface area contributed by atoms with Crippen molar-refractivity contribution < 1.29 is 13.2 Å². The van der Waals surface area contributed by atoms with Crippen molar-refractivity contribution in [2.24, 2.45) is 0 Å². The zero-order valence-electron chi connectivity index (χ0n) is 17.9. The van der Waals surface area contributed by atoms with Crippen LogP contribution in [0.15, 0.2) is 83.8 Å². The first-order chi connectivity index (χ1) is 14.8. The number of sulfonamides is 1. The number of nitrogens with zero attached hydrogens (tertiary/aromatic N) is 2.